The monoisotopic (exact) mass is 383 g/mol. The van der Waals surface area contributed by atoms with Crippen molar-refractivity contribution in [1.29, 1.82) is 0 Å². The number of carbonyl (C=O) groups is 1. The fraction of sp³-hybridized carbons (Fsp3) is 0.333. The Bertz CT molecular complexity index is 980. The van der Waals surface area contributed by atoms with Crippen LogP contribution < -0.4 is 4.74 Å². The molecule has 1 aromatic carbocycles. The van der Waals surface area contributed by atoms with E-state index in [0.717, 1.165) is 0 Å². The van der Waals surface area contributed by atoms with Gasteiger partial charge in [0.25, 0.3) is 11.8 Å². The van der Waals surface area contributed by atoms with Crippen LogP contribution >= 0.6 is 0 Å². The summed E-state index contributed by atoms with van der Waals surface area (Å²) in [6, 6.07) is 7.05. The predicted molar refractivity (Wildman–Crippen MR) is 95.5 cm³/mol. The van der Waals surface area contributed by atoms with Crippen molar-refractivity contribution >= 4 is 5.91 Å². The Morgan fingerprint density at radius 1 is 1.36 bits per heavy atom. The summed E-state index contributed by atoms with van der Waals surface area (Å²) in [4.78, 5) is 22.3. The molecule has 3 aromatic rings. The maximum atomic E-state index is 14.3. The van der Waals surface area contributed by atoms with E-state index in [4.69, 9.17) is 4.74 Å². The molecule has 1 saturated heterocycles. The number of aromatic nitrogens is 6. The Hall–Kier alpha value is -3.43. The predicted octanol–water partition coefficient (Wildman–Crippen LogP) is 1.45. The van der Waals surface area contributed by atoms with Gasteiger partial charge in [0.05, 0.1) is 17.9 Å². The number of rotatable bonds is 5. The molecule has 0 spiro atoms. The van der Waals surface area contributed by atoms with Crippen molar-refractivity contribution in [3.05, 3.63) is 54.0 Å². The average molecular weight is 383 g/mol. The molecule has 28 heavy (non-hydrogen) atoms. The highest BCUT2D eigenvalue weighted by Crippen LogP contribution is 2.22. The first-order valence-corrected chi connectivity index (χ1v) is 8.94. The lowest BCUT2D eigenvalue weighted by Gasteiger charge is -2.17. The molecule has 144 valence electrons. The van der Waals surface area contributed by atoms with Crippen LogP contribution in [-0.2, 0) is 6.42 Å². The van der Waals surface area contributed by atoms with E-state index in [9.17, 15) is 9.18 Å². The molecule has 9 nitrogen and oxygen atoms in total. The van der Waals surface area contributed by atoms with Gasteiger partial charge in [-0.3, -0.25) is 4.79 Å². The Kier molecular flexibility index (Phi) is 4.92. The van der Waals surface area contributed by atoms with Gasteiger partial charge in [-0.05, 0) is 35.0 Å². The molecule has 1 aliphatic rings. The first-order chi connectivity index (χ1) is 13.7. The molecule has 0 aliphatic carbocycles. The SMILES string of the molecule is CCc1ncnc(O[C@H]2CCN(C(=O)c3cccc(-n4cnnn4)c3)C2)c1F. The summed E-state index contributed by atoms with van der Waals surface area (Å²) in [6.45, 7) is 2.69. The van der Waals surface area contributed by atoms with E-state index in [1.165, 1.54) is 17.3 Å². The fourth-order valence-corrected chi connectivity index (χ4v) is 3.13. The third-order valence-electron chi connectivity index (χ3n) is 4.58. The molecule has 0 bridgehead atoms. The van der Waals surface area contributed by atoms with Crippen molar-refractivity contribution in [2.45, 2.75) is 25.9 Å². The summed E-state index contributed by atoms with van der Waals surface area (Å²) in [5, 5.41) is 11.0. The third-order valence-corrected chi connectivity index (χ3v) is 4.58. The standard InChI is InChI=1S/C18H18FN7O2/c1-2-15-16(19)17(21-10-20-15)28-14-6-7-25(9-14)18(27)12-4-3-5-13(8-12)26-11-22-23-24-26/h3-5,8,10-11,14H,2,6-7,9H2,1H3/t14-/m0/s1. The van der Waals surface area contributed by atoms with Crippen LogP contribution in [0.5, 0.6) is 5.88 Å². The topological polar surface area (TPSA) is 98.9 Å². The Labute approximate surface area is 160 Å². The van der Waals surface area contributed by atoms with Gasteiger partial charge in [0.1, 0.15) is 18.8 Å². The summed E-state index contributed by atoms with van der Waals surface area (Å²) in [5.41, 5.74) is 1.53. The summed E-state index contributed by atoms with van der Waals surface area (Å²) in [5.74, 6) is -0.728. The maximum Gasteiger partial charge on any atom is 0.254 e. The Morgan fingerprint density at radius 3 is 3.04 bits per heavy atom. The average Bonchev–Trinajstić information content (AvgIpc) is 3.41. The number of hydrogen-bond donors (Lipinski definition) is 0. The van der Waals surface area contributed by atoms with Gasteiger partial charge < -0.3 is 9.64 Å². The summed E-state index contributed by atoms with van der Waals surface area (Å²) >= 11 is 0. The zero-order valence-corrected chi connectivity index (χ0v) is 15.2. The highest BCUT2D eigenvalue weighted by molar-refractivity contribution is 5.95. The van der Waals surface area contributed by atoms with Gasteiger partial charge in [0, 0.05) is 18.5 Å². The maximum absolute atomic E-state index is 14.3. The van der Waals surface area contributed by atoms with Crippen molar-refractivity contribution in [3.63, 3.8) is 0 Å². The van der Waals surface area contributed by atoms with Gasteiger partial charge >= 0.3 is 0 Å². The molecule has 0 unspecified atom stereocenters. The molecule has 1 atom stereocenters. The number of halogens is 1. The van der Waals surface area contributed by atoms with Gasteiger partial charge in [-0.1, -0.05) is 13.0 Å². The molecule has 2 aromatic heterocycles. The lowest BCUT2D eigenvalue weighted by Crippen LogP contribution is -2.31. The molecule has 4 rings (SSSR count). The molecule has 0 N–H and O–H groups in total. The van der Waals surface area contributed by atoms with Crippen LogP contribution in [0.1, 0.15) is 29.4 Å². The molecule has 3 heterocycles. The summed E-state index contributed by atoms with van der Waals surface area (Å²) in [6.07, 6.45) is 3.49. The third kappa shape index (κ3) is 3.53. The highest BCUT2D eigenvalue weighted by atomic mass is 19.1. The second kappa shape index (κ2) is 7.67. The second-order valence-electron chi connectivity index (χ2n) is 6.38. The zero-order valence-electron chi connectivity index (χ0n) is 15.2. The lowest BCUT2D eigenvalue weighted by molar-refractivity contribution is 0.0770. The Morgan fingerprint density at radius 2 is 2.25 bits per heavy atom. The van der Waals surface area contributed by atoms with Gasteiger partial charge in [-0.25, -0.2) is 9.67 Å². The summed E-state index contributed by atoms with van der Waals surface area (Å²) in [7, 11) is 0. The Balaban J connectivity index is 1.44. The molecular formula is C18H18FN7O2. The van der Waals surface area contributed by atoms with Crippen LogP contribution in [-0.4, -0.2) is 60.2 Å². The van der Waals surface area contributed by atoms with Crippen LogP contribution in [0.25, 0.3) is 5.69 Å². The number of amides is 1. The molecular weight excluding hydrogens is 365 g/mol. The van der Waals surface area contributed by atoms with E-state index in [2.05, 4.69) is 25.5 Å². The van der Waals surface area contributed by atoms with Gasteiger partial charge in [0.15, 0.2) is 0 Å². The van der Waals surface area contributed by atoms with Crippen LogP contribution in [0.2, 0.25) is 0 Å². The van der Waals surface area contributed by atoms with Crippen molar-refractivity contribution in [2.24, 2.45) is 0 Å². The molecule has 0 saturated carbocycles. The number of carbonyl (C=O) groups excluding carboxylic acids is 1. The zero-order chi connectivity index (χ0) is 19.5. The van der Waals surface area contributed by atoms with E-state index in [1.807, 2.05) is 13.0 Å². The van der Waals surface area contributed by atoms with Gasteiger partial charge in [-0.2, -0.15) is 9.37 Å². The quantitative estimate of drug-likeness (QED) is 0.657. The van der Waals surface area contributed by atoms with E-state index in [-0.39, 0.29) is 17.9 Å². The number of benzene rings is 1. The lowest BCUT2D eigenvalue weighted by atomic mass is 10.2. The smallest absolute Gasteiger partial charge is 0.254 e. The van der Waals surface area contributed by atoms with Crippen molar-refractivity contribution < 1.29 is 13.9 Å². The molecule has 1 aliphatic heterocycles. The minimum absolute atomic E-state index is 0.0631. The van der Waals surface area contributed by atoms with Crippen molar-refractivity contribution in [2.75, 3.05) is 13.1 Å². The van der Waals surface area contributed by atoms with Crippen LogP contribution in [0, 0.1) is 5.82 Å². The number of nitrogens with zero attached hydrogens (tertiary/aromatic N) is 7. The second-order valence-corrected chi connectivity index (χ2v) is 6.38. The van der Waals surface area contributed by atoms with Crippen LogP contribution in [0.3, 0.4) is 0 Å². The number of likely N-dealkylation sites (tertiary alicyclic amines) is 1. The highest BCUT2D eigenvalue weighted by Gasteiger charge is 2.29. The first-order valence-electron chi connectivity index (χ1n) is 8.94. The minimum atomic E-state index is -0.538. The first kappa shape index (κ1) is 18.0. The van der Waals surface area contributed by atoms with Crippen molar-refractivity contribution in [1.82, 2.24) is 35.1 Å². The van der Waals surface area contributed by atoms with E-state index in [0.29, 0.717) is 42.9 Å². The molecule has 0 radical (unpaired) electrons. The van der Waals surface area contributed by atoms with Gasteiger partial charge in [0.2, 0.25) is 5.82 Å². The van der Waals surface area contributed by atoms with E-state index < -0.39 is 5.82 Å². The van der Waals surface area contributed by atoms with E-state index in [1.54, 1.807) is 23.1 Å². The number of hydrogen-bond acceptors (Lipinski definition) is 7. The number of tetrazole rings is 1. The van der Waals surface area contributed by atoms with Crippen LogP contribution in [0.4, 0.5) is 4.39 Å². The minimum Gasteiger partial charge on any atom is -0.470 e. The summed E-state index contributed by atoms with van der Waals surface area (Å²) < 4.78 is 21.5. The van der Waals surface area contributed by atoms with Gasteiger partial charge in [-0.15, -0.1) is 5.10 Å². The number of aryl methyl sites for hydroxylation is 1. The fourth-order valence-electron chi connectivity index (χ4n) is 3.13. The molecule has 1 amide bonds. The normalized spacial score (nSPS) is 16.4. The van der Waals surface area contributed by atoms with Crippen molar-refractivity contribution in [3.8, 4) is 11.6 Å². The molecule has 10 heteroatoms. The number of ether oxygens (including phenoxy) is 1. The van der Waals surface area contributed by atoms with Crippen LogP contribution in [0.15, 0.2) is 36.9 Å². The molecule has 1 fully saturated rings. The van der Waals surface area contributed by atoms with E-state index >= 15 is 0 Å². The largest absolute Gasteiger partial charge is 0.470 e.